The number of benzene rings is 2. The van der Waals surface area contributed by atoms with E-state index in [9.17, 15) is 5.26 Å². The fraction of sp³-hybridized carbons (Fsp3) is 0.286. The first-order valence-electron chi connectivity index (χ1n) is 8.53. The highest BCUT2D eigenvalue weighted by atomic mass is 32.1. The monoisotopic (exact) mass is 332 g/mol. The normalized spacial score (nSPS) is 15.6. The minimum Gasteiger partial charge on any atom is -0.370 e. The molecule has 2 heterocycles. The summed E-state index contributed by atoms with van der Waals surface area (Å²) in [6, 6.07) is 18.9. The number of thiophene rings is 1. The van der Waals surface area contributed by atoms with Gasteiger partial charge >= 0.3 is 0 Å². The van der Waals surface area contributed by atoms with Gasteiger partial charge in [0.2, 0.25) is 0 Å². The molecule has 1 aliphatic heterocycles. The van der Waals surface area contributed by atoms with Gasteiger partial charge in [0.25, 0.3) is 0 Å². The summed E-state index contributed by atoms with van der Waals surface area (Å²) in [6.45, 7) is 4.58. The Morgan fingerprint density at radius 3 is 2.67 bits per heavy atom. The summed E-state index contributed by atoms with van der Waals surface area (Å²) in [5, 5.41) is 10.6. The molecule has 2 aromatic carbocycles. The van der Waals surface area contributed by atoms with Gasteiger partial charge in [-0.25, -0.2) is 0 Å². The van der Waals surface area contributed by atoms with Gasteiger partial charge in [-0.05, 0) is 42.5 Å². The number of rotatable bonds is 2. The summed E-state index contributed by atoms with van der Waals surface area (Å²) < 4.78 is 1.32. The number of nitriles is 1. The van der Waals surface area contributed by atoms with Crippen molar-refractivity contribution >= 4 is 27.1 Å². The predicted molar refractivity (Wildman–Crippen MR) is 103 cm³/mol. The third-order valence-corrected chi connectivity index (χ3v) is 6.13. The van der Waals surface area contributed by atoms with Crippen LogP contribution in [0.5, 0.6) is 0 Å². The van der Waals surface area contributed by atoms with Crippen molar-refractivity contribution in [2.24, 2.45) is 5.92 Å². The molecule has 0 atom stereocenters. The van der Waals surface area contributed by atoms with E-state index in [1.807, 2.05) is 29.5 Å². The minimum absolute atomic E-state index is 0.725. The Hall–Kier alpha value is -2.31. The third-order valence-electron chi connectivity index (χ3n) is 4.92. The van der Waals surface area contributed by atoms with Crippen molar-refractivity contribution in [3.05, 3.63) is 54.1 Å². The Morgan fingerprint density at radius 2 is 1.88 bits per heavy atom. The fourth-order valence-electron chi connectivity index (χ4n) is 3.50. The zero-order valence-electron chi connectivity index (χ0n) is 13.8. The Labute approximate surface area is 147 Å². The van der Waals surface area contributed by atoms with Gasteiger partial charge in [0.15, 0.2) is 0 Å². The Balaban J connectivity index is 1.88. The van der Waals surface area contributed by atoms with Crippen molar-refractivity contribution in [1.29, 1.82) is 5.26 Å². The van der Waals surface area contributed by atoms with Crippen molar-refractivity contribution in [1.82, 2.24) is 0 Å². The van der Waals surface area contributed by atoms with Gasteiger partial charge in [0, 0.05) is 23.2 Å². The van der Waals surface area contributed by atoms with Crippen LogP contribution in [-0.4, -0.2) is 13.1 Å². The molecule has 3 heteroatoms. The maximum Gasteiger partial charge on any atom is 0.0991 e. The van der Waals surface area contributed by atoms with E-state index in [1.165, 1.54) is 33.5 Å². The highest BCUT2D eigenvalue weighted by Gasteiger charge is 2.23. The summed E-state index contributed by atoms with van der Waals surface area (Å²) in [6.07, 6.45) is 2.50. The molecule has 120 valence electrons. The second-order valence-corrected chi connectivity index (χ2v) is 7.69. The zero-order chi connectivity index (χ0) is 16.5. The third kappa shape index (κ3) is 2.68. The first-order chi connectivity index (χ1) is 11.8. The number of fused-ring (bicyclic) bond motifs is 1. The number of hydrogen-bond acceptors (Lipinski definition) is 3. The molecule has 2 nitrogen and oxygen atoms in total. The van der Waals surface area contributed by atoms with Crippen LogP contribution in [0.4, 0.5) is 5.69 Å². The van der Waals surface area contributed by atoms with Crippen LogP contribution in [-0.2, 0) is 0 Å². The van der Waals surface area contributed by atoms with Gasteiger partial charge in [-0.15, -0.1) is 11.3 Å². The molecule has 0 aliphatic carbocycles. The molecule has 0 unspecified atom stereocenters. The molecule has 0 amide bonds. The standard InChI is InChI=1S/C21H20N2S/c1-15-9-11-23(12-10-15)20-18-7-2-3-8-19(18)24-21(20)17-6-4-5-16(13-17)14-22/h2-8,13,15H,9-12H2,1H3. The van der Waals surface area contributed by atoms with Crippen LogP contribution in [0.3, 0.4) is 0 Å². The molecule has 0 radical (unpaired) electrons. The molecule has 4 rings (SSSR count). The Kier molecular flexibility index (Phi) is 4.00. The first kappa shape index (κ1) is 15.2. The Bertz CT molecular complexity index is 911. The van der Waals surface area contributed by atoms with Gasteiger partial charge in [0.1, 0.15) is 0 Å². The molecule has 0 N–H and O–H groups in total. The van der Waals surface area contributed by atoms with Gasteiger partial charge < -0.3 is 4.90 Å². The van der Waals surface area contributed by atoms with E-state index in [4.69, 9.17) is 0 Å². The van der Waals surface area contributed by atoms with E-state index in [0.717, 1.165) is 30.1 Å². The van der Waals surface area contributed by atoms with Crippen molar-refractivity contribution in [2.75, 3.05) is 18.0 Å². The van der Waals surface area contributed by atoms with Gasteiger partial charge in [0.05, 0.1) is 22.2 Å². The minimum atomic E-state index is 0.725. The molecule has 1 fully saturated rings. The number of hydrogen-bond donors (Lipinski definition) is 0. The van der Waals surface area contributed by atoms with Crippen molar-refractivity contribution in [3.63, 3.8) is 0 Å². The molecule has 24 heavy (non-hydrogen) atoms. The van der Waals surface area contributed by atoms with Gasteiger partial charge in [-0.3, -0.25) is 0 Å². The summed E-state index contributed by atoms with van der Waals surface area (Å²) in [4.78, 5) is 3.84. The highest BCUT2D eigenvalue weighted by Crippen LogP contribution is 2.45. The van der Waals surface area contributed by atoms with Crippen LogP contribution < -0.4 is 4.90 Å². The number of nitrogens with zero attached hydrogens (tertiary/aromatic N) is 2. The summed E-state index contributed by atoms with van der Waals surface area (Å²) >= 11 is 1.84. The maximum absolute atomic E-state index is 9.24. The van der Waals surface area contributed by atoms with Crippen LogP contribution in [0.25, 0.3) is 20.5 Å². The number of piperidine rings is 1. The molecule has 0 saturated carbocycles. The van der Waals surface area contributed by atoms with E-state index < -0.39 is 0 Å². The molecule has 0 spiro atoms. The molecule has 1 aliphatic rings. The lowest BCUT2D eigenvalue weighted by molar-refractivity contribution is 0.439. The fourth-order valence-corrected chi connectivity index (χ4v) is 4.73. The van der Waals surface area contributed by atoms with E-state index in [0.29, 0.717) is 0 Å². The summed E-state index contributed by atoms with van der Waals surface area (Å²) in [7, 11) is 0. The quantitative estimate of drug-likeness (QED) is 0.604. The molecule has 0 bridgehead atoms. The van der Waals surface area contributed by atoms with Crippen LogP contribution in [0.15, 0.2) is 48.5 Å². The predicted octanol–water partition coefficient (Wildman–Crippen LogP) is 5.68. The average Bonchev–Trinajstić information content (AvgIpc) is 3.02. The summed E-state index contributed by atoms with van der Waals surface area (Å²) in [5.74, 6) is 0.816. The molecule has 1 saturated heterocycles. The van der Waals surface area contributed by atoms with E-state index in [1.54, 1.807) is 0 Å². The van der Waals surface area contributed by atoms with Gasteiger partial charge in [-0.2, -0.15) is 5.26 Å². The van der Waals surface area contributed by atoms with E-state index in [2.05, 4.69) is 48.2 Å². The maximum atomic E-state index is 9.24. The molecular formula is C21H20N2S. The van der Waals surface area contributed by atoms with Crippen LogP contribution >= 0.6 is 11.3 Å². The number of anilines is 1. The summed E-state index contributed by atoms with van der Waals surface area (Å²) in [5.41, 5.74) is 3.24. The van der Waals surface area contributed by atoms with Crippen molar-refractivity contribution < 1.29 is 0 Å². The average molecular weight is 332 g/mol. The molecule has 3 aromatic rings. The van der Waals surface area contributed by atoms with Crippen molar-refractivity contribution in [3.8, 4) is 16.5 Å². The second-order valence-electron chi connectivity index (χ2n) is 6.64. The first-order valence-corrected chi connectivity index (χ1v) is 9.35. The highest BCUT2D eigenvalue weighted by molar-refractivity contribution is 7.23. The molecular weight excluding hydrogens is 312 g/mol. The zero-order valence-corrected chi connectivity index (χ0v) is 14.6. The topological polar surface area (TPSA) is 27.0 Å². The second kappa shape index (κ2) is 6.30. The van der Waals surface area contributed by atoms with Crippen LogP contribution in [0, 0.1) is 17.2 Å². The van der Waals surface area contributed by atoms with E-state index in [-0.39, 0.29) is 0 Å². The lowest BCUT2D eigenvalue weighted by Crippen LogP contribution is -2.32. The molecule has 1 aromatic heterocycles. The van der Waals surface area contributed by atoms with Crippen LogP contribution in [0.2, 0.25) is 0 Å². The SMILES string of the molecule is CC1CCN(c2c(-c3cccc(C#N)c3)sc3ccccc23)CC1. The lowest BCUT2D eigenvalue weighted by atomic mass is 9.98. The van der Waals surface area contributed by atoms with E-state index >= 15 is 0 Å². The van der Waals surface area contributed by atoms with Gasteiger partial charge in [-0.1, -0.05) is 37.3 Å². The smallest absolute Gasteiger partial charge is 0.0991 e. The largest absolute Gasteiger partial charge is 0.370 e. The van der Waals surface area contributed by atoms with Crippen molar-refractivity contribution in [2.45, 2.75) is 19.8 Å². The lowest BCUT2D eigenvalue weighted by Gasteiger charge is -2.32. The van der Waals surface area contributed by atoms with Crippen LogP contribution in [0.1, 0.15) is 25.3 Å². The Morgan fingerprint density at radius 1 is 1.08 bits per heavy atom.